The zero-order chi connectivity index (χ0) is 16.5. The quantitative estimate of drug-likeness (QED) is 0.643. The molecular formula is C14H27F3N2O2. The van der Waals surface area contributed by atoms with E-state index in [2.05, 4.69) is 30.8 Å². The van der Waals surface area contributed by atoms with Crippen LogP contribution in [-0.4, -0.2) is 38.4 Å². The molecule has 0 saturated heterocycles. The summed E-state index contributed by atoms with van der Waals surface area (Å²) in [6, 6.07) is 0. The zero-order valence-electron chi connectivity index (χ0n) is 13.1. The maximum Gasteiger partial charge on any atom is 0.411 e. The summed E-state index contributed by atoms with van der Waals surface area (Å²) < 4.78 is 39.8. The number of hydrogen-bond donors (Lipinski definition) is 2. The van der Waals surface area contributed by atoms with Crippen molar-refractivity contribution in [3.63, 3.8) is 0 Å². The average Bonchev–Trinajstić information content (AvgIpc) is 2.31. The highest BCUT2D eigenvalue weighted by Gasteiger charge is 2.27. The zero-order valence-corrected chi connectivity index (χ0v) is 13.1. The van der Waals surface area contributed by atoms with E-state index in [0.717, 1.165) is 12.8 Å². The molecule has 0 aliphatic heterocycles. The highest BCUT2D eigenvalue weighted by Crippen LogP contribution is 2.31. The largest absolute Gasteiger partial charge is 0.411 e. The van der Waals surface area contributed by atoms with Crippen molar-refractivity contribution < 1.29 is 22.7 Å². The molecule has 0 aliphatic rings. The second kappa shape index (κ2) is 9.25. The Bertz CT molecular complexity index is 302. The molecule has 0 bridgehead atoms. The monoisotopic (exact) mass is 312 g/mol. The van der Waals surface area contributed by atoms with Crippen LogP contribution in [0.1, 0.15) is 40.0 Å². The number of carbonyl (C=O) groups is 1. The molecule has 0 heterocycles. The number of hydrogen-bond acceptors (Lipinski definition) is 3. The molecular weight excluding hydrogens is 285 g/mol. The molecule has 0 fully saturated rings. The van der Waals surface area contributed by atoms with Crippen LogP contribution in [0.15, 0.2) is 0 Å². The number of rotatable bonds is 9. The van der Waals surface area contributed by atoms with Gasteiger partial charge in [0.15, 0.2) is 0 Å². The van der Waals surface area contributed by atoms with E-state index in [1.165, 1.54) is 0 Å². The molecule has 1 amide bonds. The van der Waals surface area contributed by atoms with Crippen LogP contribution >= 0.6 is 0 Å². The molecule has 0 saturated carbocycles. The van der Waals surface area contributed by atoms with Crippen molar-refractivity contribution in [2.24, 2.45) is 17.1 Å². The van der Waals surface area contributed by atoms with Crippen LogP contribution in [-0.2, 0) is 9.53 Å². The van der Waals surface area contributed by atoms with E-state index in [9.17, 15) is 18.0 Å². The van der Waals surface area contributed by atoms with Crippen LogP contribution in [0.5, 0.6) is 0 Å². The Morgan fingerprint density at radius 1 is 1.24 bits per heavy atom. The van der Waals surface area contributed by atoms with Gasteiger partial charge in [0.2, 0.25) is 5.91 Å². The fraction of sp³-hybridized carbons (Fsp3) is 0.929. The van der Waals surface area contributed by atoms with Crippen LogP contribution in [0.2, 0.25) is 0 Å². The van der Waals surface area contributed by atoms with Gasteiger partial charge in [0.1, 0.15) is 6.61 Å². The van der Waals surface area contributed by atoms with E-state index in [1.807, 2.05) is 0 Å². The first-order chi connectivity index (χ1) is 9.56. The van der Waals surface area contributed by atoms with E-state index in [4.69, 9.17) is 5.73 Å². The van der Waals surface area contributed by atoms with Gasteiger partial charge in [-0.2, -0.15) is 13.2 Å². The van der Waals surface area contributed by atoms with Gasteiger partial charge in [0.25, 0.3) is 0 Å². The smallest absolute Gasteiger partial charge is 0.370 e. The number of nitrogens with one attached hydrogen (secondary N) is 1. The summed E-state index contributed by atoms with van der Waals surface area (Å²) in [6.45, 7) is 5.56. The van der Waals surface area contributed by atoms with Gasteiger partial charge in [-0.05, 0) is 30.7 Å². The molecule has 1 atom stereocenters. The maximum absolute atomic E-state index is 11.8. The Hall–Kier alpha value is -0.820. The highest BCUT2D eigenvalue weighted by molar-refractivity contribution is 5.75. The Labute approximate surface area is 124 Å². The highest BCUT2D eigenvalue weighted by atomic mass is 19.4. The Morgan fingerprint density at radius 3 is 2.33 bits per heavy atom. The summed E-state index contributed by atoms with van der Waals surface area (Å²) in [5.74, 6) is 0.173. The number of alkyl halides is 3. The minimum absolute atomic E-state index is 0.0788. The third kappa shape index (κ3) is 11.5. The van der Waals surface area contributed by atoms with Crippen molar-refractivity contribution in [3.05, 3.63) is 0 Å². The molecule has 7 heteroatoms. The van der Waals surface area contributed by atoms with Gasteiger partial charge < -0.3 is 15.8 Å². The molecule has 0 rings (SSSR count). The predicted molar refractivity (Wildman–Crippen MR) is 75.7 cm³/mol. The summed E-state index contributed by atoms with van der Waals surface area (Å²) in [7, 11) is 0. The van der Waals surface area contributed by atoms with Crippen LogP contribution in [0.3, 0.4) is 0 Å². The molecule has 3 N–H and O–H groups in total. The summed E-state index contributed by atoms with van der Waals surface area (Å²) in [5, 5.41) is 2.56. The van der Waals surface area contributed by atoms with E-state index in [1.54, 1.807) is 0 Å². The van der Waals surface area contributed by atoms with Gasteiger partial charge in [-0.3, -0.25) is 4.79 Å². The molecule has 126 valence electrons. The van der Waals surface area contributed by atoms with Gasteiger partial charge in [0.05, 0.1) is 6.61 Å². The first kappa shape index (κ1) is 20.2. The van der Waals surface area contributed by atoms with Crippen molar-refractivity contribution in [2.45, 2.75) is 46.2 Å². The van der Waals surface area contributed by atoms with Crippen LogP contribution in [0.4, 0.5) is 13.2 Å². The Morgan fingerprint density at radius 2 is 1.86 bits per heavy atom. The third-order valence-corrected chi connectivity index (χ3v) is 3.29. The summed E-state index contributed by atoms with van der Waals surface area (Å²) in [5.41, 5.74) is 5.65. The number of ether oxygens (including phenoxy) is 1. The number of nitrogens with two attached hydrogens (primary N) is 1. The summed E-state index contributed by atoms with van der Waals surface area (Å²) in [4.78, 5) is 11.6. The lowest BCUT2D eigenvalue weighted by Gasteiger charge is -2.30. The number of halogens is 3. The van der Waals surface area contributed by atoms with Crippen molar-refractivity contribution in [2.75, 3.05) is 26.3 Å². The molecule has 21 heavy (non-hydrogen) atoms. The van der Waals surface area contributed by atoms with Gasteiger partial charge in [-0.25, -0.2) is 0 Å². The molecule has 0 aromatic rings. The van der Waals surface area contributed by atoms with Crippen LogP contribution in [0.25, 0.3) is 0 Å². The molecule has 0 radical (unpaired) electrons. The minimum Gasteiger partial charge on any atom is -0.370 e. The van der Waals surface area contributed by atoms with E-state index < -0.39 is 12.8 Å². The first-order valence-corrected chi connectivity index (χ1v) is 7.17. The Kier molecular flexibility index (Phi) is 8.89. The predicted octanol–water partition coefficient (Wildman–Crippen LogP) is 2.47. The fourth-order valence-electron chi connectivity index (χ4n) is 2.06. The van der Waals surface area contributed by atoms with E-state index in [-0.39, 0.29) is 24.5 Å². The van der Waals surface area contributed by atoms with Gasteiger partial charge in [0, 0.05) is 13.0 Å². The number of amides is 1. The Balaban J connectivity index is 3.84. The average molecular weight is 312 g/mol. The van der Waals surface area contributed by atoms with Crippen LogP contribution < -0.4 is 11.1 Å². The van der Waals surface area contributed by atoms with Crippen molar-refractivity contribution in [3.8, 4) is 0 Å². The fourth-order valence-corrected chi connectivity index (χ4v) is 2.06. The second-order valence-electron chi connectivity index (χ2n) is 6.20. The topological polar surface area (TPSA) is 64.4 Å². The second-order valence-corrected chi connectivity index (χ2v) is 6.20. The molecule has 1 unspecified atom stereocenters. The SMILES string of the molecule is CC(C)(C)C(CCN)CCC(=O)NCCOCC(F)(F)F. The van der Waals surface area contributed by atoms with Crippen molar-refractivity contribution >= 4 is 5.91 Å². The van der Waals surface area contributed by atoms with Gasteiger partial charge in [-0.15, -0.1) is 0 Å². The minimum atomic E-state index is -4.33. The maximum atomic E-state index is 11.8. The lowest BCUT2D eigenvalue weighted by molar-refractivity contribution is -0.173. The van der Waals surface area contributed by atoms with E-state index >= 15 is 0 Å². The van der Waals surface area contributed by atoms with Crippen LogP contribution in [0, 0.1) is 11.3 Å². The lowest BCUT2D eigenvalue weighted by atomic mass is 9.76. The standard InChI is InChI=1S/C14H27F3N2O2/c1-13(2,3)11(6-7-18)4-5-12(20)19-8-9-21-10-14(15,16)17/h11H,4-10,18H2,1-3H3,(H,19,20). The van der Waals surface area contributed by atoms with Crippen molar-refractivity contribution in [1.82, 2.24) is 5.32 Å². The van der Waals surface area contributed by atoms with Gasteiger partial charge in [-0.1, -0.05) is 20.8 Å². The van der Waals surface area contributed by atoms with E-state index in [0.29, 0.717) is 18.9 Å². The number of carbonyl (C=O) groups excluding carboxylic acids is 1. The first-order valence-electron chi connectivity index (χ1n) is 7.17. The summed E-state index contributed by atoms with van der Waals surface area (Å²) in [6.07, 6.45) is -2.41. The molecule has 0 aromatic heterocycles. The molecule has 0 spiro atoms. The molecule has 4 nitrogen and oxygen atoms in total. The third-order valence-electron chi connectivity index (χ3n) is 3.29. The summed E-state index contributed by atoms with van der Waals surface area (Å²) >= 11 is 0. The van der Waals surface area contributed by atoms with Crippen molar-refractivity contribution in [1.29, 1.82) is 0 Å². The molecule has 0 aliphatic carbocycles. The lowest BCUT2D eigenvalue weighted by Crippen LogP contribution is -2.30. The van der Waals surface area contributed by atoms with Gasteiger partial charge >= 0.3 is 6.18 Å². The normalized spacial score (nSPS) is 14.0. The molecule has 0 aromatic carbocycles.